The molecule has 2 aromatic rings. The van der Waals surface area contributed by atoms with Crippen LogP contribution in [0.25, 0.3) is 0 Å². The van der Waals surface area contributed by atoms with Crippen molar-refractivity contribution in [1.82, 2.24) is 5.43 Å². The van der Waals surface area contributed by atoms with Gasteiger partial charge in [-0.25, -0.2) is 10.8 Å². The van der Waals surface area contributed by atoms with Gasteiger partial charge in [-0.3, -0.25) is 5.43 Å². The van der Waals surface area contributed by atoms with E-state index in [0.717, 1.165) is 15.7 Å². The molecule has 2 aromatic carbocycles. The van der Waals surface area contributed by atoms with Crippen LogP contribution < -0.4 is 16.6 Å². The molecule has 0 spiro atoms. The quantitative estimate of drug-likeness (QED) is 0.353. The molecule has 2 rings (SSSR count). The number of hydrazine groups is 1. The number of para-hydroxylation sites is 1. The minimum Gasteiger partial charge on any atom is -0.325 e. The van der Waals surface area contributed by atoms with Crippen molar-refractivity contribution < 1.29 is 0 Å². The molecule has 0 amide bonds. The lowest BCUT2D eigenvalue weighted by Crippen LogP contribution is -2.36. The molecule has 0 aromatic heterocycles. The monoisotopic (exact) mass is 318 g/mol. The second kappa shape index (κ2) is 6.92. The zero-order valence-corrected chi connectivity index (χ0v) is 11.9. The van der Waals surface area contributed by atoms with Crippen molar-refractivity contribution in [2.75, 3.05) is 5.32 Å². The highest BCUT2D eigenvalue weighted by Gasteiger charge is 2.00. The number of hydrogen-bond acceptors (Lipinski definition) is 2. The summed E-state index contributed by atoms with van der Waals surface area (Å²) in [6.07, 6.45) is 0. The molecule has 0 aliphatic heterocycles. The largest absolute Gasteiger partial charge is 0.325 e. The van der Waals surface area contributed by atoms with Crippen molar-refractivity contribution in [1.29, 1.82) is 0 Å². The molecule has 0 unspecified atom stereocenters. The predicted octanol–water partition coefficient (Wildman–Crippen LogP) is 2.88. The molecule has 4 N–H and O–H groups in total. The van der Waals surface area contributed by atoms with Gasteiger partial charge in [0, 0.05) is 10.2 Å². The van der Waals surface area contributed by atoms with E-state index in [0.29, 0.717) is 12.5 Å². The number of nitrogens with two attached hydrogens (primary N) is 1. The van der Waals surface area contributed by atoms with Crippen LogP contribution in [0.5, 0.6) is 0 Å². The van der Waals surface area contributed by atoms with Gasteiger partial charge < -0.3 is 5.32 Å². The summed E-state index contributed by atoms with van der Waals surface area (Å²) in [6, 6.07) is 17.7. The van der Waals surface area contributed by atoms with Crippen molar-refractivity contribution in [3.63, 3.8) is 0 Å². The van der Waals surface area contributed by atoms with Crippen LogP contribution >= 0.6 is 15.9 Å². The van der Waals surface area contributed by atoms with Crippen LogP contribution in [-0.4, -0.2) is 5.96 Å². The SMILES string of the molecule is NNC(=NCc1ccccc1Br)Nc1ccccc1. The molecule has 0 radical (unpaired) electrons. The minimum atomic E-state index is 0.530. The Labute approximate surface area is 120 Å². The topological polar surface area (TPSA) is 62.4 Å². The van der Waals surface area contributed by atoms with Gasteiger partial charge in [-0.2, -0.15) is 0 Å². The molecule has 0 bridgehead atoms. The molecule has 0 aliphatic carbocycles. The van der Waals surface area contributed by atoms with Crippen molar-refractivity contribution in [3.05, 3.63) is 64.6 Å². The molecule has 0 saturated carbocycles. The van der Waals surface area contributed by atoms with Gasteiger partial charge in [-0.15, -0.1) is 0 Å². The highest BCUT2D eigenvalue weighted by molar-refractivity contribution is 9.10. The van der Waals surface area contributed by atoms with E-state index >= 15 is 0 Å². The van der Waals surface area contributed by atoms with Crippen molar-refractivity contribution in [2.45, 2.75) is 6.54 Å². The normalized spacial score (nSPS) is 11.2. The maximum absolute atomic E-state index is 5.47. The van der Waals surface area contributed by atoms with Crippen LogP contribution in [0.1, 0.15) is 5.56 Å². The molecule has 0 fully saturated rings. The third-order valence-corrected chi connectivity index (χ3v) is 3.31. The average Bonchev–Trinajstić information content (AvgIpc) is 2.46. The molecule has 5 heteroatoms. The van der Waals surface area contributed by atoms with Crippen molar-refractivity contribution in [2.24, 2.45) is 10.8 Å². The van der Waals surface area contributed by atoms with Crippen LogP contribution in [0.2, 0.25) is 0 Å². The second-order valence-corrected chi connectivity index (χ2v) is 4.75. The van der Waals surface area contributed by atoms with E-state index in [1.54, 1.807) is 0 Å². The first kappa shape index (κ1) is 13.6. The summed E-state index contributed by atoms with van der Waals surface area (Å²) in [4.78, 5) is 4.41. The Hall–Kier alpha value is -1.85. The zero-order valence-electron chi connectivity index (χ0n) is 10.3. The highest BCUT2D eigenvalue weighted by atomic mass is 79.9. The summed E-state index contributed by atoms with van der Waals surface area (Å²) in [7, 11) is 0. The molecular weight excluding hydrogens is 304 g/mol. The van der Waals surface area contributed by atoms with E-state index in [4.69, 9.17) is 5.84 Å². The number of guanidine groups is 1. The lowest BCUT2D eigenvalue weighted by atomic mass is 10.2. The smallest absolute Gasteiger partial charge is 0.210 e. The standard InChI is InChI=1S/C14H15BrN4/c15-13-9-5-4-6-11(13)10-17-14(19-16)18-12-7-2-1-3-8-12/h1-9H,10,16H2,(H2,17,18,19). The van der Waals surface area contributed by atoms with Crippen LogP contribution in [0.15, 0.2) is 64.1 Å². The van der Waals surface area contributed by atoms with Gasteiger partial charge in [-0.05, 0) is 23.8 Å². The molecular formula is C14H15BrN4. The van der Waals surface area contributed by atoms with Crippen LogP contribution in [-0.2, 0) is 6.54 Å². The molecule has 0 heterocycles. The number of benzene rings is 2. The molecule has 0 atom stereocenters. The maximum atomic E-state index is 5.47. The first-order chi connectivity index (χ1) is 9.29. The number of nitrogens with zero attached hydrogens (tertiary/aromatic N) is 1. The number of hydrogen-bond donors (Lipinski definition) is 3. The zero-order chi connectivity index (χ0) is 13.5. The van der Waals surface area contributed by atoms with E-state index in [1.807, 2.05) is 54.6 Å². The van der Waals surface area contributed by atoms with E-state index < -0.39 is 0 Å². The number of halogens is 1. The third kappa shape index (κ3) is 4.08. The Bertz CT molecular complexity index is 554. The summed E-state index contributed by atoms with van der Waals surface area (Å²) < 4.78 is 1.04. The Morgan fingerprint density at radius 2 is 1.74 bits per heavy atom. The van der Waals surface area contributed by atoms with Gasteiger partial charge in [0.2, 0.25) is 5.96 Å². The number of aliphatic imine (C=N–C) groups is 1. The average molecular weight is 319 g/mol. The Kier molecular flexibility index (Phi) is 4.94. The summed E-state index contributed by atoms with van der Waals surface area (Å²) in [6.45, 7) is 0.542. The fourth-order valence-corrected chi connectivity index (χ4v) is 1.98. The van der Waals surface area contributed by atoms with Crippen LogP contribution in [0.4, 0.5) is 5.69 Å². The Morgan fingerprint density at radius 1 is 1.05 bits per heavy atom. The van der Waals surface area contributed by atoms with Gasteiger partial charge >= 0.3 is 0 Å². The molecule has 98 valence electrons. The fraction of sp³-hybridized carbons (Fsp3) is 0.0714. The van der Waals surface area contributed by atoms with Crippen molar-refractivity contribution in [3.8, 4) is 0 Å². The van der Waals surface area contributed by atoms with Crippen molar-refractivity contribution >= 4 is 27.6 Å². The Balaban J connectivity index is 2.06. The molecule has 19 heavy (non-hydrogen) atoms. The van der Waals surface area contributed by atoms with E-state index in [1.165, 1.54) is 0 Å². The summed E-state index contributed by atoms with van der Waals surface area (Å²) in [5, 5.41) is 3.12. The van der Waals surface area contributed by atoms with E-state index in [-0.39, 0.29) is 0 Å². The first-order valence-electron chi connectivity index (χ1n) is 5.86. The molecule has 4 nitrogen and oxygen atoms in total. The number of rotatable bonds is 3. The molecule has 0 saturated heterocycles. The minimum absolute atomic E-state index is 0.530. The Morgan fingerprint density at radius 3 is 2.42 bits per heavy atom. The number of anilines is 1. The lowest BCUT2D eigenvalue weighted by molar-refractivity contribution is 0.966. The first-order valence-corrected chi connectivity index (χ1v) is 6.65. The van der Waals surface area contributed by atoms with Gasteiger partial charge in [0.05, 0.1) is 6.54 Å². The summed E-state index contributed by atoms with van der Waals surface area (Å²) >= 11 is 3.49. The third-order valence-electron chi connectivity index (χ3n) is 2.54. The van der Waals surface area contributed by atoms with E-state index in [2.05, 4.69) is 31.7 Å². The summed E-state index contributed by atoms with van der Waals surface area (Å²) in [5.41, 5.74) is 4.60. The highest BCUT2D eigenvalue weighted by Crippen LogP contribution is 2.16. The van der Waals surface area contributed by atoms with Gasteiger partial charge in [0.1, 0.15) is 0 Å². The second-order valence-electron chi connectivity index (χ2n) is 3.89. The van der Waals surface area contributed by atoms with Gasteiger partial charge in [0.25, 0.3) is 0 Å². The lowest BCUT2D eigenvalue weighted by Gasteiger charge is -2.09. The predicted molar refractivity (Wildman–Crippen MR) is 82.7 cm³/mol. The van der Waals surface area contributed by atoms with Crippen LogP contribution in [0, 0.1) is 0 Å². The number of nitrogens with one attached hydrogen (secondary N) is 2. The summed E-state index contributed by atoms with van der Waals surface area (Å²) in [5.74, 6) is 6.00. The van der Waals surface area contributed by atoms with Gasteiger partial charge in [-0.1, -0.05) is 52.3 Å². The van der Waals surface area contributed by atoms with Crippen LogP contribution in [0.3, 0.4) is 0 Å². The molecule has 0 aliphatic rings. The van der Waals surface area contributed by atoms with E-state index in [9.17, 15) is 0 Å². The fourth-order valence-electron chi connectivity index (χ4n) is 1.57. The van der Waals surface area contributed by atoms with Gasteiger partial charge in [0.15, 0.2) is 0 Å². The maximum Gasteiger partial charge on any atom is 0.210 e.